The average molecular weight is 232 g/mol. The second-order valence-electron chi connectivity index (χ2n) is 4.21. The van der Waals surface area contributed by atoms with E-state index in [-0.39, 0.29) is 0 Å². The summed E-state index contributed by atoms with van der Waals surface area (Å²) >= 11 is 0. The smallest absolute Gasteiger partial charge is 0.405 e. The van der Waals surface area contributed by atoms with Crippen molar-refractivity contribution in [2.24, 2.45) is 5.73 Å². The van der Waals surface area contributed by atoms with Crippen LogP contribution < -0.4 is 11.1 Å². The van der Waals surface area contributed by atoms with E-state index >= 15 is 0 Å². The topological polar surface area (TPSA) is 119 Å². The van der Waals surface area contributed by atoms with Crippen LogP contribution >= 0.6 is 0 Å². The fraction of sp³-hybridized carbons (Fsp3) is 0.667. The zero-order valence-electron chi connectivity index (χ0n) is 9.44. The van der Waals surface area contributed by atoms with E-state index in [0.29, 0.717) is 0 Å². The van der Waals surface area contributed by atoms with E-state index in [2.05, 4.69) is 0 Å². The Labute approximate surface area is 92.9 Å². The highest BCUT2D eigenvalue weighted by Crippen LogP contribution is 2.09. The molecule has 7 heteroatoms. The summed E-state index contributed by atoms with van der Waals surface area (Å²) in [6, 6.07) is -1.27. The van der Waals surface area contributed by atoms with Crippen LogP contribution in [0.5, 0.6) is 0 Å². The number of nitrogens with two attached hydrogens (primary N) is 1. The fourth-order valence-electron chi connectivity index (χ4n) is 0.916. The molecule has 2 amide bonds. The quantitative estimate of drug-likeness (QED) is 0.582. The predicted octanol–water partition coefficient (Wildman–Crippen LogP) is -0.160. The summed E-state index contributed by atoms with van der Waals surface area (Å²) in [5.74, 6) is -1.61. The van der Waals surface area contributed by atoms with E-state index < -0.39 is 36.0 Å². The molecule has 0 aromatic heterocycles. The number of carboxylic acid groups (broad SMARTS) is 1. The van der Waals surface area contributed by atoms with E-state index in [1.54, 1.807) is 20.8 Å². The van der Waals surface area contributed by atoms with Crippen LogP contribution in [-0.4, -0.2) is 34.7 Å². The second-order valence-corrected chi connectivity index (χ2v) is 4.21. The molecule has 0 heterocycles. The number of amides is 2. The number of ether oxygens (including phenoxy) is 1. The third-order valence-corrected chi connectivity index (χ3v) is 1.39. The minimum Gasteiger partial charge on any atom is -0.465 e. The lowest BCUT2D eigenvalue weighted by molar-refractivity contribution is -0.158. The molecule has 16 heavy (non-hydrogen) atoms. The van der Waals surface area contributed by atoms with Crippen molar-refractivity contribution in [1.29, 1.82) is 0 Å². The summed E-state index contributed by atoms with van der Waals surface area (Å²) in [5, 5.41) is 10.3. The Morgan fingerprint density at radius 1 is 1.38 bits per heavy atom. The van der Waals surface area contributed by atoms with Crippen molar-refractivity contribution in [3.63, 3.8) is 0 Å². The molecule has 0 radical (unpaired) electrons. The van der Waals surface area contributed by atoms with Gasteiger partial charge in [0, 0.05) is 0 Å². The average Bonchev–Trinajstić information content (AvgIpc) is 1.97. The van der Waals surface area contributed by atoms with Gasteiger partial charge in [0.15, 0.2) is 0 Å². The van der Waals surface area contributed by atoms with Crippen molar-refractivity contribution in [1.82, 2.24) is 5.32 Å². The van der Waals surface area contributed by atoms with Crippen LogP contribution in [0.15, 0.2) is 0 Å². The van der Waals surface area contributed by atoms with Crippen molar-refractivity contribution in [2.75, 3.05) is 0 Å². The summed E-state index contributed by atoms with van der Waals surface area (Å²) in [5.41, 5.74) is 4.13. The maximum Gasteiger partial charge on any atom is 0.405 e. The van der Waals surface area contributed by atoms with Crippen molar-refractivity contribution < 1.29 is 24.2 Å². The molecule has 0 aliphatic rings. The molecule has 0 aromatic carbocycles. The third kappa shape index (κ3) is 6.63. The molecular formula is C9H16N2O5. The van der Waals surface area contributed by atoms with Crippen LogP contribution in [0.1, 0.15) is 27.2 Å². The number of rotatable bonds is 4. The number of carbonyl (C=O) groups excluding carboxylic acids is 2. The Bertz CT molecular complexity index is 279. The number of esters is 1. The Kier molecular flexibility index (Phi) is 4.74. The summed E-state index contributed by atoms with van der Waals surface area (Å²) in [7, 11) is 0. The minimum atomic E-state index is -1.42. The van der Waals surface area contributed by atoms with Gasteiger partial charge in [-0.2, -0.15) is 0 Å². The molecule has 0 saturated carbocycles. The Hall–Kier alpha value is -1.79. The van der Waals surface area contributed by atoms with Gasteiger partial charge in [0.05, 0.1) is 6.42 Å². The molecule has 0 saturated heterocycles. The number of hydrogen-bond donors (Lipinski definition) is 3. The molecule has 4 N–H and O–H groups in total. The predicted molar refractivity (Wildman–Crippen MR) is 54.6 cm³/mol. The van der Waals surface area contributed by atoms with Crippen LogP contribution in [0.4, 0.5) is 4.79 Å². The van der Waals surface area contributed by atoms with Crippen molar-refractivity contribution in [3.05, 3.63) is 0 Å². The highest BCUT2D eigenvalue weighted by Gasteiger charge is 2.27. The zero-order valence-corrected chi connectivity index (χ0v) is 9.44. The molecule has 1 atom stereocenters. The van der Waals surface area contributed by atoms with Gasteiger partial charge in [-0.1, -0.05) is 0 Å². The van der Waals surface area contributed by atoms with Crippen LogP contribution in [0.2, 0.25) is 0 Å². The molecule has 7 nitrogen and oxygen atoms in total. The first kappa shape index (κ1) is 14.2. The first-order valence-electron chi connectivity index (χ1n) is 4.62. The van der Waals surface area contributed by atoms with Gasteiger partial charge in [0.1, 0.15) is 11.6 Å². The molecule has 0 fully saturated rings. The Balaban J connectivity index is 4.56. The van der Waals surface area contributed by atoms with E-state index in [0.717, 1.165) is 0 Å². The normalized spacial score (nSPS) is 12.7. The van der Waals surface area contributed by atoms with Gasteiger partial charge in [-0.3, -0.25) is 4.79 Å². The maximum atomic E-state index is 11.5. The van der Waals surface area contributed by atoms with Gasteiger partial charge in [-0.15, -0.1) is 0 Å². The zero-order chi connectivity index (χ0) is 12.9. The minimum absolute atomic E-state index is 0.429. The molecule has 0 aliphatic heterocycles. The highest BCUT2D eigenvalue weighted by molar-refractivity contribution is 5.87. The maximum absolute atomic E-state index is 11.5. The molecular weight excluding hydrogens is 216 g/mol. The van der Waals surface area contributed by atoms with Gasteiger partial charge in [0.2, 0.25) is 5.91 Å². The van der Waals surface area contributed by atoms with Crippen LogP contribution in [0.25, 0.3) is 0 Å². The van der Waals surface area contributed by atoms with Crippen LogP contribution in [0, 0.1) is 0 Å². The van der Waals surface area contributed by atoms with Gasteiger partial charge < -0.3 is 20.9 Å². The third-order valence-electron chi connectivity index (χ3n) is 1.39. The fourth-order valence-corrected chi connectivity index (χ4v) is 0.916. The van der Waals surface area contributed by atoms with Crippen molar-refractivity contribution in [3.8, 4) is 0 Å². The van der Waals surface area contributed by atoms with Crippen LogP contribution in [0.3, 0.4) is 0 Å². The van der Waals surface area contributed by atoms with Gasteiger partial charge >= 0.3 is 12.1 Å². The lowest BCUT2D eigenvalue weighted by Crippen LogP contribution is -2.45. The van der Waals surface area contributed by atoms with E-state index in [1.165, 1.54) is 0 Å². The lowest BCUT2D eigenvalue weighted by Gasteiger charge is -2.23. The summed E-state index contributed by atoms with van der Waals surface area (Å²) in [6.07, 6.45) is -1.85. The largest absolute Gasteiger partial charge is 0.465 e. The first-order chi connectivity index (χ1) is 7.11. The summed E-state index contributed by atoms with van der Waals surface area (Å²) in [6.45, 7) is 4.90. The van der Waals surface area contributed by atoms with Gasteiger partial charge in [0.25, 0.3) is 0 Å². The summed E-state index contributed by atoms with van der Waals surface area (Å²) in [4.78, 5) is 32.5. The molecule has 0 unspecified atom stereocenters. The van der Waals surface area contributed by atoms with E-state index in [4.69, 9.17) is 15.6 Å². The van der Waals surface area contributed by atoms with Crippen molar-refractivity contribution in [2.45, 2.75) is 38.8 Å². The van der Waals surface area contributed by atoms with Gasteiger partial charge in [-0.25, -0.2) is 9.59 Å². The number of carbonyl (C=O) groups is 3. The monoisotopic (exact) mass is 232 g/mol. The molecule has 0 spiro atoms. The Morgan fingerprint density at radius 3 is 2.19 bits per heavy atom. The molecule has 0 rings (SSSR count). The molecule has 92 valence electrons. The SMILES string of the molecule is CC(C)(C)OC(=O)[C@@H](CC(N)=O)NC(=O)O. The van der Waals surface area contributed by atoms with E-state index in [9.17, 15) is 14.4 Å². The number of hydrogen-bond acceptors (Lipinski definition) is 4. The highest BCUT2D eigenvalue weighted by atomic mass is 16.6. The Morgan fingerprint density at radius 2 is 1.88 bits per heavy atom. The molecule has 0 bridgehead atoms. The standard InChI is InChI=1S/C9H16N2O5/c1-9(2,3)16-7(13)5(4-6(10)12)11-8(14)15/h5,11H,4H2,1-3H3,(H2,10,12)(H,14,15)/t5-/m1/s1. The first-order valence-corrected chi connectivity index (χ1v) is 4.62. The molecule has 0 aromatic rings. The number of primary amides is 1. The summed E-state index contributed by atoms with van der Waals surface area (Å²) < 4.78 is 4.93. The van der Waals surface area contributed by atoms with Crippen molar-refractivity contribution >= 4 is 18.0 Å². The molecule has 0 aliphatic carbocycles. The lowest BCUT2D eigenvalue weighted by atomic mass is 10.1. The second kappa shape index (κ2) is 5.34. The van der Waals surface area contributed by atoms with Crippen LogP contribution in [-0.2, 0) is 14.3 Å². The number of nitrogens with one attached hydrogen (secondary N) is 1. The van der Waals surface area contributed by atoms with Gasteiger partial charge in [-0.05, 0) is 20.8 Å². The van der Waals surface area contributed by atoms with E-state index in [1.807, 2.05) is 5.32 Å².